The summed E-state index contributed by atoms with van der Waals surface area (Å²) < 4.78 is 5.41. The summed E-state index contributed by atoms with van der Waals surface area (Å²) in [5, 5.41) is 219. The van der Waals surface area contributed by atoms with E-state index in [2.05, 4.69) is 0 Å². The van der Waals surface area contributed by atoms with Crippen LogP contribution in [0.2, 0.25) is 0 Å². The van der Waals surface area contributed by atoms with E-state index in [1.165, 1.54) is 0 Å². The van der Waals surface area contributed by atoms with E-state index < -0.39 is 178 Å². The molecule has 1 saturated heterocycles. The van der Waals surface area contributed by atoms with Gasteiger partial charge in [0.2, 0.25) is 45.7 Å². The topological polar surface area (TPSA) is 499 Å². The molecule has 5 aromatic carbocycles. The first-order valence-corrected chi connectivity index (χ1v) is 18.1. The lowest BCUT2D eigenvalue weighted by Gasteiger charge is -2.63. The number of aliphatic hydroxyl groups is 5. The van der Waals surface area contributed by atoms with Crippen LogP contribution in [0.4, 0.5) is 0 Å². The van der Waals surface area contributed by atoms with E-state index in [9.17, 15) is 107 Å². The Morgan fingerprint density at radius 2 is 0.537 bits per heavy atom. The van der Waals surface area contributed by atoms with Crippen LogP contribution in [0.5, 0.6) is 86.2 Å². The smallest absolute Gasteiger partial charge is 0.273 e. The van der Waals surface area contributed by atoms with Crippen molar-refractivity contribution in [1.82, 2.24) is 0 Å². The molecule has 352 valence electrons. The van der Waals surface area contributed by atoms with Gasteiger partial charge in [-0.05, 0) is 60.7 Å². The highest BCUT2D eigenvalue weighted by Gasteiger charge is 2.91. The van der Waals surface area contributed by atoms with Gasteiger partial charge in [0.1, 0.15) is 0 Å². The molecular weight excluding hydrogens is 908 g/mol. The van der Waals surface area contributed by atoms with E-state index in [0.717, 1.165) is 0 Å². The van der Waals surface area contributed by atoms with Gasteiger partial charge in [0.25, 0.3) is 5.79 Å². The maximum absolute atomic E-state index is 15.4. The monoisotopic (exact) mass is 940 g/mol. The third-order valence-electron chi connectivity index (χ3n) is 11.0. The quantitative estimate of drug-likeness (QED) is 0.0536. The van der Waals surface area contributed by atoms with Crippen molar-refractivity contribution in [3.8, 4) is 86.2 Å². The average molecular weight is 941 g/mol. The fraction of sp³-hybridized carbons (Fsp3) is 0.146. The second-order valence-corrected chi connectivity index (χ2v) is 14.8. The van der Waals surface area contributed by atoms with Crippen molar-refractivity contribution in [3.05, 3.63) is 88.5 Å². The molecule has 20 N–H and O–H groups in total. The van der Waals surface area contributed by atoms with Crippen molar-refractivity contribution < 1.29 is 131 Å². The Kier molecular flexibility index (Phi) is 11.0. The first-order valence-electron chi connectivity index (χ1n) is 18.1. The molecule has 0 bridgehead atoms. The number of aromatic hydroxyl groups is 15. The largest absolute Gasteiger partial charge is 0.504 e. The molecule has 0 saturated carbocycles. The van der Waals surface area contributed by atoms with Gasteiger partial charge in [-0.25, -0.2) is 0 Å². The van der Waals surface area contributed by atoms with Crippen molar-refractivity contribution >= 4 is 28.9 Å². The highest BCUT2D eigenvalue weighted by atomic mass is 16.7. The fourth-order valence-corrected chi connectivity index (χ4v) is 7.57. The Morgan fingerprint density at radius 1 is 0.328 bits per heavy atom. The number of carbonyl (C=O) groups is 5. The Labute approximate surface area is 368 Å². The maximum Gasteiger partial charge on any atom is 0.273 e. The molecule has 0 radical (unpaired) electrons. The van der Waals surface area contributed by atoms with Gasteiger partial charge in [0.05, 0.1) is 6.61 Å². The number of benzene rings is 5. The predicted molar refractivity (Wildman–Crippen MR) is 210 cm³/mol. The van der Waals surface area contributed by atoms with Crippen LogP contribution < -0.4 is 0 Å². The molecule has 26 heteroatoms. The minimum atomic E-state index is -5.60. The minimum absolute atomic E-state index is 0.0203. The van der Waals surface area contributed by atoms with Crippen LogP contribution in [0.3, 0.4) is 0 Å². The maximum atomic E-state index is 15.4. The Bertz CT molecular complexity index is 2900. The van der Waals surface area contributed by atoms with Crippen LogP contribution in [0.1, 0.15) is 51.8 Å². The highest BCUT2D eigenvalue weighted by molar-refractivity contribution is 6.25. The molecule has 1 fully saturated rings. The van der Waals surface area contributed by atoms with E-state index in [1.807, 2.05) is 0 Å². The van der Waals surface area contributed by atoms with Crippen molar-refractivity contribution in [2.24, 2.45) is 0 Å². The molecule has 0 spiro atoms. The van der Waals surface area contributed by atoms with Crippen molar-refractivity contribution in [2.45, 2.75) is 28.2 Å². The zero-order valence-corrected chi connectivity index (χ0v) is 32.9. The van der Waals surface area contributed by atoms with Gasteiger partial charge in [-0.1, -0.05) is 0 Å². The zero-order chi connectivity index (χ0) is 50.4. The minimum Gasteiger partial charge on any atom is -0.504 e. The molecular formula is C41H32O26. The molecule has 0 amide bonds. The third-order valence-corrected chi connectivity index (χ3v) is 11.0. The molecule has 0 aliphatic carbocycles. The van der Waals surface area contributed by atoms with Crippen molar-refractivity contribution in [1.29, 1.82) is 0 Å². The van der Waals surface area contributed by atoms with Gasteiger partial charge in [-0.2, -0.15) is 0 Å². The van der Waals surface area contributed by atoms with E-state index in [0.29, 0.717) is 0 Å². The van der Waals surface area contributed by atoms with Crippen LogP contribution in [0.25, 0.3) is 0 Å². The van der Waals surface area contributed by atoms with Crippen molar-refractivity contribution in [2.75, 3.05) is 6.61 Å². The number of ether oxygens (including phenoxy) is 1. The SMILES string of the molecule is O=C(c1cc(O)c(O)c(O)c1)[C@@]1(O)[C@](O)(C(=O)c2cc(O)c(O)c(O)c2)[C@](O)(C(=O)c2cc(O)c(O)c(O)c2)O[C@@](CO)(C(=O)c2cc(O)c(O)c(O)c2)[C@]1(O)C(=O)c1cc(O)c(O)c(O)c1. The summed E-state index contributed by atoms with van der Waals surface area (Å²) in [4.78, 5) is 75.9. The number of rotatable bonds is 11. The molecule has 67 heavy (non-hydrogen) atoms. The summed E-state index contributed by atoms with van der Waals surface area (Å²) in [6.07, 6.45) is 0. The summed E-state index contributed by atoms with van der Waals surface area (Å²) in [7, 11) is 0. The number of hydrogen-bond acceptors (Lipinski definition) is 26. The zero-order valence-electron chi connectivity index (χ0n) is 32.9. The normalized spacial score (nSPS) is 23.6. The van der Waals surface area contributed by atoms with Crippen LogP contribution >= 0.6 is 0 Å². The molecule has 6 rings (SSSR count). The van der Waals surface area contributed by atoms with Gasteiger partial charge in [-0.15, -0.1) is 0 Å². The molecule has 5 atom stereocenters. The number of carbonyl (C=O) groups excluding carboxylic acids is 5. The number of aliphatic hydroxyl groups excluding tert-OH is 1. The van der Waals surface area contributed by atoms with Gasteiger partial charge in [-0.3, -0.25) is 24.0 Å². The highest BCUT2D eigenvalue weighted by Crippen LogP contribution is 2.60. The molecule has 1 heterocycles. The van der Waals surface area contributed by atoms with Crippen molar-refractivity contribution in [3.63, 3.8) is 0 Å². The number of phenols is 15. The van der Waals surface area contributed by atoms with Crippen LogP contribution in [0, 0.1) is 0 Å². The summed E-state index contributed by atoms with van der Waals surface area (Å²) >= 11 is 0. The number of hydrogen-bond donors (Lipinski definition) is 20. The van der Waals surface area contributed by atoms with E-state index in [-0.39, 0.29) is 60.7 Å². The second kappa shape index (κ2) is 15.4. The van der Waals surface area contributed by atoms with Gasteiger partial charge < -0.3 is 107 Å². The second-order valence-electron chi connectivity index (χ2n) is 14.8. The molecule has 26 nitrogen and oxygen atoms in total. The lowest BCUT2D eigenvalue weighted by atomic mass is 9.51. The first-order chi connectivity index (χ1) is 30.9. The third kappa shape index (κ3) is 6.31. The summed E-state index contributed by atoms with van der Waals surface area (Å²) in [5.41, 5.74) is -29.1. The lowest BCUT2D eigenvalue weighted by molar-refractivity contribution is -0.395. The van der Waals surface area contributed by atoms with Crippen LogP contribution in [-0.2, 0) is 4.74 Å². The molecule has 5 aromatic rings. The summed E-state index contributed by atoms with van der Waals surface area (Å²) in [6.45, 7) is -2.60. The Morgan fingerprint density at radius 3 is 0.791 bits per heavy atom. The standard InChI is InChI=1S/C41H32O26/c42-11-37(32(58)12-1-17(43)27(53)18(44)2-12)38(63,33(59)13-3-19(45)28(54)20(46)4-13)39(64,34(60)14-5-21(47)29(55)22(48)6-14)40(65,35(61)15-7-23(49)30(56)24(50)8-15)41(66,67-37)36(62)16-9-25(51)31(57)26(52)10-16/h1-10,42-57,63-66H,11H2/t37-,38+,39-,40+,41-/m0/s1. The molecule has 0 unspecified atom stereocenters. The average Bonchev–Trinajstić information content (AvgIpc) is 3.28. The lowest BCUT2D eigenvalue weighted by Crippen LogP contribution is -2.95. The van der Waals surface area contributed by atoms with E-state index >= 15 is 19.2 Å². The Balaban J connectivity index is 1.94. The molecule has 1 aliphatic rings. The van der Waals surface area contributed by atoms with Gasteiger partial charge in [0.15, 0.2) is 91.8 Å². The van der Waals surface area contributed by atoms with E-state index in [1.54, 1.807) is 0 Å². The van der Waals surface area contributed by atoms with Gasteiger partial charge in [0, 0.05) is 27.8 Å². The number of ketones is 5. The first kappa shape index (κ1) is 47.7. The summed E-state index contributed by atoms with van der Waals surface area (Å²) in [5.74, 6) is -41.2. The van der Waals surface area contributed by atoms with Crippen LogP contribution in [0.15, 0.2) is 60.7 Å². The van der Waals surface area contributed by atoms with Crippen LogP contribution in [-0.4, -0.2) is 166 Å². The Hall–Kier alpha value is -8.79. The molecule has 0 aromatic heterocycles. The predicted octanol–water partition coefficient (Wildman–Crippen LogP) is -1.37. The summed E-state index contributed by atoms with van der Waals surface area (Å²) in [6, 6.07) is 0.683. The number of phenolic OH excluding ortho intramolecular Hbond substituents is 15. The number of Topliss-reactive ketones (excluding diaryl/α,β-unsaturated/α-hetero) is 5. The van der Waals surface area contributed by atoms with Gasteiger partial charge >= 0.3 is 0 Å². The fourth-order valence-electron chi connectivity index (χ4n) is 7.57. The van der Waals surface area contributed by atoms with E-state index in [4.69, 9.17) is 4.74 Å². The molecule has 1 aliphatic heterocycles.